The second-order valence-corrected chi connectivity index (χ2v) is 6.10. The van der Waals surface area contributed by atoms with E-state index in [-0.39, 0.29) is 16.8 Å². The lowest BCUT2D eigenvalue weighted by atomic mass is 10.3. The Hall–Kier alpha value is -1.44. The molecule has 1 atom stereocenters. The third-order valence-corrected chi connectivity index (χ3v) is 4.20. The first-order valence-electron chi connectivity index (χ1n) is 6.28. The number of carbonyl (C=O) groups is 1. The molecule has 2 N–H and O–H groups in total. The molecular weight excluding hydrogens is 280 g/mol. The third kappa shape index (κ3) is 4.92. The highest BCUT2D eigenvalue weighted by molar-refractivity contribution is 7.89. The summed E-state index contributed by atoms with van der Waals surface area (Å²) in [7, 11) is -2.05. The lowest BCUT2D eigenvalue weighted by Gasteiger charge is -2.16. The van der Waals surface area contributed by atoms with Crippen LogP contribution in [0, 0.1) is 0 Å². The molecule has 7 heteroatoms. The fraction of sp³-hybridized carbons (Fsp3) is 0.462. The summed E-state index contributed by atoms with van der Waals surface area (Å²) in [6, 6.07) is 5.74. The number of nitrogens with one attached hydrogen (secondary N) is 2. The van der Waals surface area contributed by atoms with Crippen molar-refractivity contribution < 1.29 is 17.9 Å². The quantitative estimate of drug-likeness (QED) is 0.796. The van der Waals surface area contributed by atoms with Gasteiger partial charge in [-0.25, -0.2) is 13.1 Å². The predicted octanol–water partition coefficient (Wildman–Crippen LogP) is 1.35. The van der Waals surface area contributed by atoms with Crippen LogP contribution in [0.3, 0.4) is 0 Å². The molecule has 0 fully saturated rings. The van der Waals surface area contributed by atoms with Crippen molar-refractivity contribution in [1.82, 2.24) is 4.72 Å². The zero-order chi connectivity index (χ0) is 15.2. The molecular formula is C13H20N2O4S. The Balaban J connectivity index is 2.84. The van der Waals surface area contributed by atoms with E-state index in [1.54, 1.807) is 12.1 Å². The summed E-state index contributed by atoms with van der Waals surface area (Å²) in [6.45, 7) is 3.59. The first-order chi connectivity index (χ1) is 9.39. The normalized spacial score (nSPS) is 12.9. The van der Waals surface area contributed by atoms with Gasteiger partial charge in [-0.1, -0.05) is 6.92 Å². The molecule has 6 nitrogen and oxygen atoms in total. The highest BCUT2D eigenvalue weighted by Crippen LogP contribution is 2.14. The molecule has 112 valence electrons. The third-order valence-electron chi connectivity index (χ3n) is 2.67. The number of hydrogen-bond donors (Lipinski definition) is 2. The number of amides is 1. The molecule has 0 aliphatic rings. The van der Waals surface area contributed by atoms with Crippen LogP contribution in [0.1, 0.15) is 20.3 Å². The maximum absolute atomic E-state index is 12.2. The second-order valence-electron chi connectivity index (χ2n) is 4.39. The molecule has 0 aliphatic heterocycles. The highest BCUT2D eigenvalue weighted by Gasteiger charge is 2.18. The summed E-state index contributed by atoms with van der Waals surface area (Å²) < 4.78 is 31.9. The minimum Gasteiger partial charge on any atom is -0.383 e. The smallest absolute Gasteiger partial charge is 0.240 e. The molecule has 1 aromatic rings. The second kappa shape index (κ2) is 7.37. The molecule has 0 bridgehead atoms. The van der Waals surface area contributed by atoms with Crippen LogP contribution in [0.15, 0.2) is 29.2 Å². The van der Waals surface area contributed by atoms with Crippen molar-refractivity contribution in [2.45, 2.75) is 31.2 Å². The van der Waals surface area contributed by atoms with E-state index in [4.69, 9.17) is 4.74 Å². The number of hydrogen-bond acceptors (Lipinski definition) is 4. The molecule has 20 heavy (non-hydrogen) atoms. The lowest BCUT2D eigenvalue weighted by Crippen LogP contribution is -2.37. The molecule has 0 radical (unpaired) electrons. The van der Waals surface area contributed by atoms with Crippen LogP contribution in [0.25, 0.3) is 0 Å². The summed E-state index contributed by atoms with van der Waals surface area (Å²) >= 11 is 0. The average molecular weight is 300 g/mol. The van der Waals surface area contributed by atoms with Gasteiger partial charge in [0.25, 0.3) is 0 Å². The summed E-state index contributed by atoms with van der Waals surface area (Å²) in [6.07, 6.45) is 0.636. The molecule has 0 saturated carbocycles. The predicted molar refractivity (Wildman–Crippen MR) is 77.0 cm³/mol. The van der Waals surface area contributed by atoms with Crippen molar-refractivity contribution in [2.24, 2.45) is 0 Å². The monoisotopic (exact) mass is 300 g/mol. The van der Waals surface area contributed by atoms with Crippen molar-refractivity contribution in [1.29, 1.82) is 0 Å². The number of rotatable bonds is 7. The Labute approximate surface area is 119 Å². The summed E-state index contributed by atoms with van der Waals surface area (Å²) in [5, 5.41) is 2.58. The molecule has 1 amide bonds. The Morgan fingerprint density at radius 1 is 1.30 bits per heavy atom. The largest absolute Gasteiger partial charge is 0.383 e. The minimum atomic E-state index is -3.58. The fourth-order valence-electron chi connectivity index (χ4n) is 1.64. The van der Waals surface area contributed by atoms with Crippen LogP contribution < -0.4 is 10.0 Å². The number of ether oxygens (including phenoxy) is 1. The number of sulfonamides is 1. The maximum Gasteiger partial charge on any atom is 0.240 e. The Morgan fingerprint density at radius 3 is 2.35 bits per heavy atom. The number of benzene rings is 1. The Kier molecular flexibility index (Phi) is 6.12. The number of carbonyl (C=O) groups excluding carboxylic acids is 1. The van der Waals surface area contributed by atoms with Crippen LogP contribution in [0.4, 0.5) is 5.69 Å². The van der Waals surface area contributed by atoms with Gasteiger partial charge in [-0.15, -0.1) is 0 Å². The van der Waals surface area contributed by atoms with Gasteiger partial charge in [0.15, 0.2) is 0 Å². The molecule has 1 rings (SSSR count). The van der Waals surface area contributed by atoms with E-state index in [0.29, 0.717) is 18.7 Å². The van der Waals surface area contributed by atoms with E-state index in [1.807, 2.05) is 6.92 Å². The van der Waals surface area contributed by atoms with Gasteiger partial charge in [0.05, 0.1) is 11.5 Å². The Morgan fingerprint density at radius 2 is 1.90 bits per heavy atom. The maximum atomic E-state index is 12.2. The summed E-state index contributed by atoms with van der Waals surface area (Å²) in [4.78, 5) is 11.0. The minimum absolute atomic E-state index is 0.154. The van der Waals surface area contributed by atoms with E-state index in [1.165, 1.54) is 26.2 Å². The van der Waals surface area contributed by atoms with Gasteiger partial charge >= 0.3 is 0 Å². The van der Waals surface area contributed by atoms with Crippen LogP contribution >= 0.6 is 0 Å². The van der Waals surface area contributed by atoms with Gasteiger partial charge in [0.2, 0.25) is 15.9 Å². The summed E-state index contributed by atoms with van der Waals surface area (Å²) in [5.74, 6) is -0.204. The van der Waals surface area contributed by atoms with Crippen molar-refractivity contribution >= 4 is 21.6 Å². The van der Waals surface area contributed by atoms with Gasteiger partial charge < -0.3 is 10.1 Å². The Bertz CT molecular complexity index is 540. The zero-order valence-corrected chi connectivity index (χ0v) is 12.7. The van der Waals surface area contributed by atoms with Crippen molar-refractivity contribution in [3.05, 3.63) is 24.3 Å². The summed E-state index contributed by atoms with van der Waals surface area (Å²) in [5.41, 5.74) is 0.556. The van der Waals surface area contributed by atoms with E-state index in [2.05, 4.69) is 10.0 Å². The van der Waals surface area contributed by atoms with Crippen LogP contribution in [0.5, 0.6) is 0 Å². The van der Waals surface area contributed by atoms with E-state index in [9.17, 15) is 13.2 Å². The number of methoxy groups -OCH3 is 1. The fourth-order valence-corrected chi connectivity index (χ4v) is 2.95. The first kappa shape index (κ1) is 16.6. The lowest BCUT2D eigenvalue weighted by molar-refractivity contribution is -0.114. The molecule has 0 spiro atoms. The average Bonchev–Trinajstić information content (AvgIpc) is 2.38. The molecule has 0 aliphatic carbocycles. The zero-order valence-electron chi connectivity index (χ0n) is 11.8. The van der Waals surface area contributed by atoms with Crippen LogP contribution in [0.2, 0.25) is 0 Å². The molecule has 1 aromatic carbocycles. The standard InChI is InChI=1S/C13H20N2O4S/c1-4-11(9-19-3)15-20(17,18)13-7-5-12(6-8-13)14-10(2)16/h5-8,11,15H,4,9H2,1-3H3,(H,14,16). The van der Waals surface area contributed by atoms with E-state index in [0.717, 1.165) is 0 Å². The van der Waals surface area contributed by atoms with Crippen molar-refractivity contribution in [2.75, 3.05) is 19.0 Å². The van der Waals surface area contributed by atoms with Crippen molar-refractivity contribution in [3.63, 3.8) is 0 Å². The highest BCUT2D eigenvalue weighted by atomic mass is 32.2. The number of anilines is 1. The van der Waals surface area contributed by atoms with Gasteiger partial charge in [0.1, 0.15) is 0 Å². The van der Waals surface area contributed by atoms with Crippen LogP contribution in [-0.2, 0) is 19.6 Å². The molecule has 0 heterocycles. The van der Waals surface area contributed by atoms with Gasteiger partial charge in [0, 0.05) is 25.8 Å². The van der Waals surface area contributed by atoms with E-state index < -0.39 is 10.0 Å². The van der Waals surface area contributed by atoms with Crippen molar-refractivity contribution in [3.8, 4) is 0 Å². The SMILES string of the molecule is CCC(COC)NS(=O)(=O)c1ccc(NC(C)=O)cc1. The first-order valence-corrected chi connectivity index (χ1v) is 7.76. The molecule has 0 aromatic heterocycles. The van der Waals surface area contributed by atoms with Gasteiger partial charge in [-0.3, -0.25) is 4.79 Å². The van der Waals surface area contributed by atoms with Crippen LogP contribution in [-0.4, -0.2) is 34.1 Å². The van der Waals surface area contributed by atoms with Gasteiger partial charge in [-0.2, -0.15) is 0 Å². The molecule has 1 unspecified atom stereocenters. The van der Waals surface area contributed by atoms with Gasteiger partial charge in [-0.05, 0) is 30.7 Å². The molecule has 0 saturated heterocycles. The topological polar surface area (TPSA) is 84.5 Å². The van der Waals surface area contributed by atoms with E-state index >= 15 is 0 Å².